The summed E-state index contributed by atoms with van der Waals surface area (Å²) in [5.74, 6) is 0.909. The molecule has 2 bridgehead atoms. The zero-order chi connectivity index (χ0) is 18.5. The average molecular weight is 360 g/mol. The lowest BCUT2D eigenvalue weighted by Gasteiger charge is -2.49. The van der Waals surface area contributed by atoms with Gasteiger partial charge in [0.15, 0.2) is 0 Å². The van der Waals surface area contributed by atoms with E-state index in [1.54, 1.807) is 7.11 Å². The Morgan fingerprint density at radius 1 is 1.15 bits per heavy atom. The fourth-order valence-corrected chi connectivity index (χ4v) is 4.57. The van der Waals surface area contributed by atoms with Crippen molar-refractivity contribution < 1.29 is 9.53 Å². The number of ether oxygens (including phenoxy) is 1. The van der Waals surface area contributed by atoms with Crippen molar-refractivity contribution in [2.24, 2.45) is 0 Å². The van der Waals surface area contributed by atoms with Crippen molar-refractivity contribution in [1.29, 1.82) is 0 Å². The van der Waals surface area contributed by atoms with Gasteiger partial charge in [-0.3, -0.25) is 4.90 Å². The Morgan fingerprint density at radius 2 is 1.77 bits per heavy atom. The van der Waals surface area contributed by atoms with Crippen molar-refractivity contribution in [3.05, 3.63) is 29.8 Å². The first kappa shape index (κ1) is 19.0. The fourth-order valence-electron chi connectivity index (χ4n) is 4.57. The zero-order valence-corrected chi connectivity index (χ0v) is 16.4. The van der Waals surface area contributed by atoms with Gasteiger partial charge >= 0.3 is 6.03 Å². The van der Waals surface area contributed by atoms with E-state index in [0.29, 0.717) is 18.1 Å². The lowest BCUT2D eigenvalue weighted by Crippen LogP contribution is -2.57. The van der Waals surface area contributed by atoms with Crippen LogP contribution in [0, 0.1) is 0 Å². The molecule has 1 N–H and O–H groups in total. The van der Waals surface area contributed by atoms with Gasteiger partial charge in [0, 0.05) is 37.8 Å². The van der Waals surface area contributed by atoms with Crippen molar-refractivity contribution in [2.75, 3.05) is 20.2 Å². The smallest absolute Gasteiger partial charge is 0.317 e. The molecular weight excluding hydrogens is 326 g/mol. The number of hydrogen-bond acceptors (Lipinski definition) is 3. The van der Waals surface area contributed by atoms with E-state index in [0.717, 1.165) is 38.2 Å². The summed E-state index contributed by atoms with van der Waals surface area (Å²) in [6.45, 7) is 6.61. The number of nitrogens with one attached hydrogen (secondary N) is 1. The van der Waals surface area contributed by atoms with Crippen molar-refractivity contribution in [3.8, 4) is 5.75 Å². The number of fused-ring (bicyclic) bond motifs is 2. The molecule has 2 saturated heterocycles. The van der Waals surface area contributed by atoms with Crippen LogP contribution in [0.4, 0.5) is 4.79 Å². The van der Waals surface area contributed by atoms with E-state index >= 15 is 0 Å². The van der Waals surface area contributed by atoms with Crippen molar-refractivity contribution in [2.45, 2.75) is 70.6 Å². The summed E-state index contributed by atoms with van der Waals surface area (Å²) in [6, 6.07) is 9.99. The second-order valence-electron chi connectivity index (χ2n) is 7.55. The molecule has 0 aromatic heterocycles. The predicted octanol–water partition coefficient (Wildman–Crippen LogP) is 3.63. The van der Waals surface area contributed by atoms with Gasteiger partial charge in [-0.15, -0.1) is 0 Å². The monoisotopic (exact) mass is 359 g/mol. The predicted molar refractivity (Wildman–Crippen MR) is 104 cm³/mol. The van der Waals surface area contributed by atoms with Crippen LogP contribution in [0.1, 0.15) is 51.5 Å². The molecule has 2 heterocycles. The van der Waals surface area contributed by atoms with Crippen molar-refractivity contribution in [1.82, 2.24) is 15.1 Å². The van der Waals surface area contributed by atoms with Gasteiger partial charge < -0.3 is 15.0 Å². The summed E-state index contributed by atoms with van der Waals surface area (Å²) in [5, 5.41) is 3.29. The standard InChI is InChI=1S/C21H33N3O2/c1-4-23(5-2)21(25)22-17-13-18-7-6-8-19(14-17)24(18)15-16-9-11-20(26-3)12-10-16/h9-12,17-19H,4-8,13-15H2,1-3H3,(H,22,25)/t18-,19-/m1/s1. The van der Waals surface area contributed by atoms with Gasteiger partial charge in [-0.2, -0.15) is 0 Å². The van der Waals surface area contributed by atoms with Crippen LogP contribution < -0.4 is 10.1 Å². The van der Waals surface area contributed by atoms with Crippen LogP contribution in [-0.4, -0.2) is 54.2 Å². The largest absolute Gasteiger partial charge is 0.497 e. The summed E-state index contributed by atoms with van der Waals surface area (Å²) in [6.07, 6.45) is 5.93. The highest BCUT2D eigenvalue weighted by Gasteiger charge is 2.38. The molecule has 2 fully saturated rings. The Kier molecular flexibility index (Phi) is 6.41. The molecule has 3 rings (SSSR count). The van der Waals surface area contributed by atoms with Gasteiger partial charge in [0.25, 0.3) is 0 Å². The highest BCUT2D eigenvalue weighted by Crippen LogP contribution is 2.35. The maximum absolute atomic E-state index is 12.4. The van der Waals surface area contributed by atoms with Crippen LogP contribution in [0.2, 0.25) is 0 Å². The van der Waals surface area contributed by atoms with E-state index in [1.165, 1.54) is 24.8 Å². The number of rotatable bonds is 6. The lowest BCUT2D eigenvalue weighted by atomic mass is 9.81. The third kappa shape index (κ3) is 4.32. The number of piperidine rings is 2. The molecule has 5 heteroatoms. The highest BCUT2D eigenvalue weighted by molar-refractivity contribution is 5.74. The molecule has 2 aliphatic heterocycles. The van der Waals surface area contributed by atoms with Gasteiger partial charge in [-0.25, -0.2) is 4.79 Å². The maximum atomic E-state index is 12.4. The first-order valence-corrected chi connectivity index (χ1v) is 10.1. The third-order valence-electron chi connectivity index (χ3n) is 6.03. The minimum absolute atomic E-state index is 0.0988. The van der Waals surface area contributed by atoms with Gasteiger partial charge in [-0.1, -0.05) is 18.6 Å². The molecule has 0 saturated carbocycles. The Bertz CT molecular complexity index is 571. The van der Waals surface area contributed by atoms with Crippen LogP contribution >= 0.6 is 0 Å². The SMILES string of the molecule is CCN(CC)C(=O)NC1C[C@H]2CCC[C@H](C1)N2Cc1ccc(OC)cc1. The quantitative estimate of drug-likeness (QED) is 0.843. The van der Waals surface area contributed by atoms with E-state index < -0.39 is 0 Å². The first-order chi connectivity index (χ1) is 12.6. The minimum Gasteiger partial charge on any atom is -0.497 e. The summed E-state index contributed by atoms with van der Waals surface area (Å²) in [4.78, 5) is 17.0. The molecule has 0 spiro atoms. The Hall–Kier alpha value is -1.75. The van der Waals surface area contributed by atoms with Crippen LogP contribution in [0.3, 0.4) is 0 Å². The molecule has 5 nitrogen and oxygen atoms in total. The van der Waals surface area contributed by atoms with E-state index in [2.05, 4.69) is 22.3 Å². The number of amides is 2. The summed E-state index contributed by atoms with van der Waals surface area (Å²) in [5.41, 5.74) is 1.34. The number of hydrogen-bond donors (Lipinski definition) is 1. The molecule has 0 aliphatic carbocycles. The second-order valence-corrected chi connectivity index (χ2v) is 7.55. The van der Waals surface area contributed by atoms with E-state index in [1.807, 2.05) is 30.9 Å². The van der Waals surface area contributed by atoms with Crippen molar-refractivity contribution >= 4 is 6.03 Å². The number of urea groups is 1. The van der Waals surface area contributed by atoms with Crippen LogP contribution in [0.5, 0.6) is 5.75 Å². The fraction of sp³-hybridized carbons (Fsp3) is 0.667. The number of carbonyl (C=O) groups is 1. The third-order valence-corrected chi connectivity index (χ3v) is 6.03. The van der Waals surface area contributed by atoms with Gasteiger partial charge in [0.05, 0.1) is 7.11 Å². The Morgan fingerprint density at radius 3 is 2.31 bits per heavy atom. The molecule has 0 unspecified atom stereocenters. The summed E-state index contributed by atoms with van der Waals surface area (Å²) in [7, 11) is 1.71. The summed E-state index contributed by atoms with van der Waals surface area (Å²) < 4.78 is 5.26. The number of methoxy groups -OCH3 is 1. The van der Waals surface area contributed by atoms with Crippen LogP contribution in [-0.2, 0) is 6.54 Å². The first-order valence-electron chi connectivity index (χ1n) is 10.1. The lowest BCUT2D eigenvalue weighted by molar-refractivity contribution is 0.0188. The second kappa shape index (κ2) is 8.76. The molecule has 144 valence electrons. The van der Waals surface area contributed by atoms with Crippen molar-refractivity contribution in [3.63, 3.8) is 0 Å². The van der Waals surface area contributed by atoms with Gasteiger partial charge in [-0.05, 0) is 57.2 Å². The summed E-state index contributed by atoms with van der Waals surface area (Å²) >= 11 is 0. The Balaban J connectivity index is 1.61. The van der Waals surface area contributed by atoms with Gasteiger partial charge in [0.2, 0.25) is 0 Å². The molecule has 0 radical (unpaired) electrons. The van der Waals surface area contributed by atoms with E-state index in [4.69, 9.17) is 4.74 Å². The molecule has 2 aliphatic rings. The molecular formula is C21H33N3O2. The molecule has 1 aromatic carbocycles. The number of carbonyl (C=O) groups excluding carboxylic acids is 1. The molecule has 26 heavy (non-hydrogen) atoms. The van der Waals surface area contributed by atoms with E-state index in [9.17, 15) is 4.79 Å². The maximum Gasteiger partial charge on any atom is 0.317 e. The number of benzene rings is 1. The Labute approximate surface area is 157 Å². The molecule has 2 amide bonds. The average Bonchev–Trinajstić information content (AvgIpc) is 2.64. The topological polar surface area (TPSA) is 44.8 Å². The molecule has 1 aromatic rings. The van der Waals surface area contributed by atoms with Crippen LogP contribution in [0.25, 0.3) is 0 Å². The zero-order valence-electron chi connectivity index (χ0n) is 16.4. The van der Waals surface area contributed by atoms with Crippen LogP contribution in [0.15, 0.2) is 24.3 Å². The van der Waals surface area contributed by atoms with Gasteiger partial charge in [0.1, 0.15) is 5.75 Å². The van der Waals surface area contributed by atoms with E-state index in [-0.39, 0.29) is 6.03 Å². The molecule has 2 atom stereocenters. The minimum atomic E-state index is 0.0988. The number of nitrogens with zero attached hydrogens (tertiary/aromatic N) is 2. The highest BCUT2D eigenvalue weighted by atomic mass is 16.5. The normalized spacial score (nSPS) is 25.6.